The third-order valence-electron chi connectivity index (χ3n) is 5.30. The Morgan fingerprint density at radius 3 is 2.50 bits per heavy atom. The van der Waals surface area contributed by atoms with Crippen molar-refractivity contribution in [2.75, 3.05) is 45.8 Å². The van der Waals surface area contributed by atoms with Gasteiger partial charge in [0.25, 0.3) is 0 Å². The van der Waals surface area contributed by atoms with Crippen molar-refractivity contribution in [1.29, 1.82) is 0 Å². The van der Waals surface area contributed by atoms with Crippen LogP contribution < -0.4 is 5.32 Å². The predicted octanol–water partition coefficient (Wildman–Crippen LogP) is 0.931. The van der Waals surface area contributed by atoms with Crippen LogP contribution in [0.5, 0.6) is 0 Å². The fraction of sp³-hybridized carbons (Fsp3) is 0.600. The van der Waals surface area contributed by atoms with Crippen LogP contribution in [0.25, 0.3) is 0 Å². The van der Waals surface area contributed by atoms with Gasteiger partial charge in [0.05, 0.1) is 12.6 Å². The van der Waals surface area contributed by atoms with Crippen LogP contribution in [-0.2, 0) is 16.1 Å². The van der Waals surface area contributed by atoms with E-state index in [0.717, 1.165) is 39.0 Å². The van der Waals surface area contributed by atoms with Gasteiger partial charge in [-0.1, -0.05) is 30.3 Å². The molecule has 0 unspecified atom stereocenters. The normalized spacial score (nSPS) is 21.7. The molecule has 1 N–H and O–H groups in total. The van der Waals surface area contributed by atoms with E-state index in [9.17, 15) is 9.59 Å². The van der Waals surface area contributed by atoms with Crippen molar-refractivity contribution in [2.24, 2.45) is 0 Å². The van der Waals surface area contributed by atoms with Gasteiger partial charge in [0.15, 0.2) is 0 Å². The zero-order chi connectivity index (χ0) is 18.4. The van der Waals surface area contributed by atoms with E-state index < -0.39 is 0 Å². The van der Waals surface area contributed by atoms with E-state index in [1.54, 1.807) is 0 Å². The standard InChI is InChI=1S/C20H30N4O2/c1-2-21-19(25)16-22-11-13-23(14-12-22)20(26)18-9-6-10-24(18)15-17-7-4-3-5-8-17/h3-5,7-8,18H,2,6,9-16H2,1H3,(H,21,25)/t18-/m0/s1. The zero-order valence-corrected chi connectivity index (χ0v) is 15.7. The smallest absolute Gasteiger partial charge is 0.240 e. The van der Waals surface area contributed by atoms with Crippen molar-refractivity contribution in [3.63, 3.8) is 0 Å². The third-order valence-corrected chi connectivity index (χ3v) is 5.30. The molecule has 0 saturated carbocycles. The van der Waals surface area contributed by atoms with E-state index in [0.29, 0.717) is 26.2 Å². The lowest BCUT2D eigenvalue weighted by molar-refractivity contribution is -0.138. The maximum Gasteiger partial charge on any atom is 0.240 e. The maximum atomic E-state index is 13.0. The third kappa shape index (κ3) is 4.83. The van der Waals surface area contributed by atoms with Crippen LogP contribution in [0.15, 0.2) is 30.3 Å². The van der Waals surface area contributed by atoms with Gasteiger partial charge in [0.2, 0.25) is 11.8 Å². The van der Waals surface area contributed by atoms with Gasteiger partial charge in [-0.3, -0.25) is 19.4 Å². The van der Waals surface area contributed by atoms with E-state index in [4.69, 9.17) is 0 Å². The molecule has 6 nitrogen and oxygen atoms in total. The van der Waals surface area contributed by atoms with Crippen molar-refractivity contribution in [3.8, 4) is 0 Å². The molecule has 0 spiro atoms. The Bertz CT molecular complexity index is 599. The predicted molar refractivity (Wildman–Crippen MR) is 102 cm³/mol. The molecule has 2 aliphatic heterocycles. The first-order valence-corrected chi connectivity index (χ1v) is 9.73. The highest BCUT2D eigenvalue weighted by Crippen LogP contribution is 2.22. The van der Waals surface area contributed by atoms with Crippen LogP contribution in [0.4, 0.5) is 0 Å². The monoisotopic (exact) mass is 358 g/mol. The van der Waals surface area contributed by atoms with E-state index in [1.165, 1.54) is 5.56 Å². The highest BCUT2D eigenvalue weighted by Gasteiger charge is 2.34. The average Bonchev–Trinajstić information content (AvgIpc) is 3.11. The molecule has 2 saturated heterocycles. The molecule has 1 aromatic carbocycles. The first-order chi connectivity index (χ1) is 12.7. The molecule has 0 bridgehead atoms. The number of rotatable bonds is 6. The van der Waals surface area contributed by atoms with Gasteiger partial charge in [-0.25, -0.2) is 0 Å². The summed E-state index contributed by atoms with van der Waals surface area (Å²) in [4.78, 5) is 31.2. The Balaban J connectivity index is 1.50. The topological polar surface area (TPSA) is 55.9 Å². The molecule has 2 aliphatic rings. The van der Waals surface area contributed by atoms with Gasteiger partial charge in [0, 0.05) is 39.3 Å². The van der Waals surface area contributed by atoms with Gasteiger partial charge in [-0.15, -0.1) is 0 Å². The van der Waals surface area contributed by atoms with Crippen molar-refractivity contribution < 1.29 is 9.59 Å². The lowest BCUT2D eigenvalue weighted by Gasteiger charge is -2.37. The van der Waals surface area contributed by atoms with Gasteiger partial charge < -0.3 is 10.2 Å². The molecule has 2 fully saturated rings. The van der Waals surface area contributed by atoms with Crippen LogP contribution in [0.1, 0.15) is 25.3 Å². The largest absolute Gasteiger partial charge is 0.355 e. The van der Waals surface area contributed by atoms with Crippen LogP contribution in [0, 0.1) is 0 Å². The minimum atomic E-state index is 0.00476. The lowest BCUT2D eigenvalue weighted by atomic mass is 10.1. The number of nitrogens with one attached hydrogen (secondary N) is 1. The number of carbonyl (C=O) groups is 2. The maximum absolute atomic E-state index is 13.0. The van der Waals surface area contributed by atoms with E-state index in [2.05, 4.69) is 39.4 Å². The summed E-state index contributed by atoms with van der Waals surface area (Å²) in [5.41, 5.74) is 1.26. The van der Waals surface area contributed by atoms with Gasteiger partial charge in [-0.2, -0.15) is 0 Å². The molecular formula is C20H30N4O2. The molecule has 142 valence electrons. The van der Waals surface area contributed by atoms with Gasteiger partial charge in [0.1, 0.15) is 0 Å². The minimum absolute atomic E-state index is 0.00476. The van der Waals surface area contributed by atoms with Crippen molar-refractivity contribution in [3.05, 3.63) is 35.9 Å². The van der Waals surface area contributed by atoms with Crippen LogP contribution in [0.2, 0.25) is 0 Å². The molecule has 3 rings (SSSR count). The van der Waals surface area contributed by atoms with E-state index >= 15 is 0 Å². The Kier molecular flexibility index (Phi) is 6.63. The molecule has 2 heterocycles. The second kappa shape index (κ2) is 9.14. The Hall–Kier alpha value is -1.92. The Labute approximate surface area is 156 Å². The first-order valence-electron chi connectivity index (χ1n) is 9.73. The summed E-state index contributed by atoms with van der Waals surface area (Å²) < 4.78 is 0. The zero-order valence-electron chi connectivity index (χ0n) is 15.7. The molecular weight excluding hydrogens is 328 g/mol. The number of likely N-dealkylation sites (tertiary alicyclic amines) is 1. The van der Waals surface area contributed by atoms with Gasteiger partial charge in [-0.05, 0) is 31.9 Å². The molecule has 0 aromatic heterocycles. The van der Waals surface area contributed by atoms with Crippen LogP contribution in [0.3, 0.4) is 0 Å². The first kappa shape index (κ1) is 18.9. The van der Waals surface area contributed by atoms with E-state index in [1.807, 2.05) is 17.9 Å². The summed E-state index contributed by atoms with van der Waals surface area (Å²) in [5, 5.41) is 2.83. The summed E-state index contributed by atoms with van der Waals surface area (Å²) in [7, 11) is 0. The molecule has 26 heavy (non-hydrogen) atoms. The highest BCUT2D eigenvalue weighted by atomic mass is 16.2. The number of hydrogen-bond acceptors (Lipinski definition) is 4. The van der Waals surface area contributed by atoms with E-state index in [-0.39, 0.29) is 17.9 Å². The highest BCUT2D eigenvalue weighted by molar-refractivity contribution is 5.82. The summed E-state index contributed by atoms with van der Waals surface area (Å²) in [6, 6.07) is 10.4. The Morgan fingerprint density at radius 2 is 1.81 bits per heavy atom. The quantitative estimate of drug-likeness (QED) is 0.822. The molecule has 0 aliphatic carbocycles. The molecule has 2 amide bonds. The number of benzene rings is 1. The SMILES string of the molecule is CCNC(=O)CN1CCN(C(=O)[C@@H]2CCCN2Cc2ccccc2)CC1. The number of piperazine rings is 1. The van der Waals surface area contributed by atoms with Crippen LogP contribution in [-0.4, -0.2) is 78.4 Å². The van der Waals surface area contributed by atoms with Crippen molar-refractivity contribution in [2.45, 2.75) is 32.4 Å². The van der Waals surface area contributed by atoms with Crippen LogP contribution >= 0.6 is 0 Å². The second-order valence-corrected chi connectivity index (χ2v) is 7.17. The number of nitrogens with zero attached hydrogens (tertiary/aromatic N) is 3. The lowest BCUT2D eigenvalue weighted by Crippen LogP contribution is -2.54. The Morgan fingerprint density at radius 1 is 1.08 bits per heavy atom. The number of amides is 2. The summed E-state index contributed by atoms with van der Waals surface area (Å²) in [5.74, 6) is 0.327. The number of hydrogen-bond donors (Lipinski definition) is 1. The average molecular weight is 358 g/mol. The molecule has 1 atom stereocenters. The van der Waals surface area contributed by atoms with Crippen molar-refractivity contribution >= 4 is 11.8 Å². The number of carbonyl (C=O) groups excluding carboxylic acids is 2. The molecule has 1 aromatic rings. The second-order valence-electron chi connectivity index (χ2n) is 7.17. The minimum Gasteiger partial charge on any atom is -0.355 e. The summed E-state index contributed by atoms with van der Waals surface area (Å²) in [6.07, 6.45) is 2.03. The molecule has 6 heteroatoms. The fourth-order valence-corrected chi connectivity index (χ4v) is 3.91. The summed E-state index contributed by atoms with van der Waals surface area (Å²) in [6.45, 7) is 7.83. The molecule has 0 radical (unpaired) electrons. The summed E-state index contributed by atoms with van der Waals surface area (Å²) >= 11 is 0. The fourth-order valence-electron chi connectivity index (χ4n) is 3.91. The number of likely N-dealkylation sites (N-methyl/N-ethyl adjacent to an activating group) is 1. The van der Waals surface area contributed by atoms with Gasteiger partial charge >= 0.3 is 0 Å². The van der Waals surface area contributed by atoms with Crippen molar-refractivity contribution in [1.82, 2.24) is 20.0 Å².